The summed E-state index contributed by atoms with van der Waals surface area (Å²) in [6, 6.07) is 7.18. The Hall–Kier alpha value is -1.90. The van der Waals surface area contributed by atoms with Crippen LogP contribution in [0.5, 0.6) is 11.5 Å². The number of thiophene rings is 1. The Morgan fingerprint density at radius 2 is 2.00 bits per heavy atom. The molecule has 1 aromatic heterocycles. The topological polar surface area (TPSA) is 107 Å². The predicted molar refractivity (Wildman–Crippen MR) is 69.2 cm³/mol. The van der Waals surface area contributed by atoms with Gasteiger partial charge in [0, 0.05) is 11.4 Å². The van der Waals surface area contributed by atoms with Crippen LogP contribution in [-0.4, -0.2) is 19.5 Å². The van der Waals surface area contributed by atoms with Crippen molar-refractivity contribution >= 4 is 27.3 Å². The number of hydrogen-bond donors (Lipinski definition) is 2. The molecule has 8 heteroatoms. The van der Waals surface area contributed by atoms with E-state index in [9.17, 15) is 13.2 Å². The third kappa shape index (κ3) is 3.11. The number of aromatic carboxylic acids is 1. The molecular weight excluding hydrogens is 290 g/mol. The van der Waals surface area contributed by atoms with Gasteiger partial charge in [-0.1, -0.05) is 12.1 Å². The van der Waals surface area contributed by atoms with Crippen molar-refractivity contribution in [3.05, 3.63) is 40.6 Å². The lowest BCUT2D eigenvalue weighted by molar-refractivity contribution is 0.0702. The fraction of sp³-hybridized carbons (Fsp3) is 0. The van der Waals surface area contributed by atoms with E-state index < -0.39 is 16.0 Å². The van der Waals surface area contributed by atoms with E-state index in [2.05, 4.69) is 0 Å². The van der Waals surface area contributed by atoms with Crippen LogP contribution in [0.4, 0.5) is 0 Å². The van der Waals surface area contributed by atoms with E-state index in [1.807, 2.05) is 0 Å². The Balaban J connectivity index is 2.36. The summed E-state index contributed by atoms with van der Waals surface area (Å²) in [5.74, 6) is -0.766. The highest BCUT2D eigenvalue weighted by Crippen LogP contribution is 2.30. The number of primary sulfonamides is 1. The van der Waals surface area contributed by atoms with Crippen molar-refractivity contribution in [3.63, 3.8) is 0 Å². The van der Waals surface area contributed by atoms with Crippen LogP contribution in [0.2, 0.25) is 0 Å². The number of carboxylic acids is 1. The van der Waals surface area contributed by atoms with Crippen molar-refractivity contribution in [2.75, 3.05) is 0 Å². The van der Waals surface area contributed by atoms with Gasteiger partial charge < -0.3 is 9.84 Å². The van der Waals surface area contributed by atoms with Crippen molar-refractivity contribution in [2.24, 2.45) is 5.14 Å². The average molecular weight is 299 g/mol. The minimum Gasteiger partial charge on any atom is -0.477 e. The molecular formula is C11H9NO5S2. The number of benzene rings is 1. The summed E-state index contributed by atoms with van der Waals surface area (Å²) < 4.78 is 28.1. The quantitative estimate of drug-likeness (QED) is 0.896. The molecule has 2 rings (SSSR count). The fourth-order valence-electron chi connectivity index (χ4n) is 1.38. The second kappa shape index (κ2) is 5.00. The van der Waals surface area contributed by atoms with E-state index in [-0.39, 0.29) is 21.3 Å². The standard InChI is InChI=1S/C11H9NO5S2/c12-19(15,16)10-4-2-1-3-8(10)17-7-5-9(11(13)14)18-6-7/h1-6H,(H,13,14)(H2,12,15,16). The van der Waals surface area contributed by atoms with Gasteiger partial charge in [-0.05, 0) is 12.1 Å². The van der Waals surface area contributed by atoms with Gasteiger partial charge in [-0.25, -0.2) is 18.4 Å². The summed E-state index contributed by atoms with van der Waals surface area (Å²) in [5, 5.41) is 15.3. The lowest BCUT2D eigenvalue weighted by Gasteiger charge is -2.07. The number of nitrogens with two attached hydrogens (primary N) is 1. The number of rotatable bonds is 4. The van der Waals surface area contributed by atoms with E-state index in [4.69, 9.17) is 15.0 Å². The first-order valence-electron chi connectivity index (χ1n) is 4.99. The highest BCUT2D eigenvalue weighted by molar-refractivity contribution is 7.89. The summed E-state index contributed by atoms with van der Waals surface area (Å²) in [6.07, 6.45) is 0. The molecule has 3 N–H and O–H groups in total. The monoisotopic (exact) mass is 299 g/mol. The van der Waals surface area contributed by atoms with E-state index in [0.29, 0.717) is 0 Å². The second-order valence-corrected chi connectivity index (χ2v) is 5.99. The third-order valence-electron chi connectivity index (χ3n) is 2.17. The van der Waals surface area contributed by atoms with Crippen molar-refractivity contribution in [3.8, 4) is 11.5 Å². The molecule has 0 aliphatic carbocycles. The smallest absolute Gasteiger partial charge is 0.346 e. The van der Waals surface area contributed by atoms with Gasteiger partial charge in [-0.15, -0.1) is 11.3 Å². The van der Waals surface area contributed by atoms with Crippen LogP contribution >= 0.6 is 11.3 Å². The number of carboxylic acid groups (broad SMARTS) is 1. The Morgan fingerprint density at radius 1 is 1.32 bits per heavy atom. The molecule has 0 aliphatic rings. The zero-order valence-electron chi connectivity index (χ0n) is 9.44. The normalized spacial score (nSPS) is 11.2. The fourth-order valence-corrected chi connectivity index (χ4v) is 2.68. The first-order chi connectivity index (χ1) is 8.88. The highest BCUT2D eigenvalue weighted by atomic mass is 32.2. The van der Waals surface area contributed by atoms with Gasteiger partial charge in [-0.3, -0.25) is 0 Å². The molecule has 0 saturated carbocycles. The molecule has 0 unspecified atom stereocenters. The number of para-hydroxylation sites is 1. The summed E-state index contributed by atoms with van der Waals surface area (Å²) in [7, 11) is -3.90. The van der Waals surface area contributed by atoms with Gasteiger partial charge in [0.15, 0.2) is 0 Å². The second-order valence-electron chi connectivity index (χ2n) is 3.55. The zero-order valence-corrected chi connectivity index (χ0v) is 11.1. The Morgan fingerprint density at radius 3 is 2.58 bits per heavy atom. The SMILES string of the molecule is NS(=O)(=O)c1ccccc1Oc1csc(C(=O)O)c1. The van der Waals surface area contributed by atoms with Crippen LogP contribution in [0.15, 0.2) is 40.6 Å². The number of hydrogen-bond acceptors (Lipinski definition) is 5. The number of sulfonamides is 1. The predicted octanol–water partition coefficient (Wildman–Crippen LogP) is 1.89. The zero-order chi connectivity index (χ0) is 14.0. The minimum absolute atomic E-state index is 0.0553. The van der Waals surface area contributed by atoms with Gasteiger partial charge in [0.2, 0.25) is 10.0 Å². The lowest BCUT2D eigenvalue weighted by atomic mass is 10.3. The Bertz CT molecular complexity index is 720. The van der Waals surface area contributed by atoms with Crippen LogP contribution in [0.3, 0.4) is 0 Å². The molecule has 0 fully saturated rings. The van der Waals surface area contributed by atoms with Crippen molar-refractivity contribution in [1.29, 1.82) is 0 Å². The molecule has 0 radical (unpaired) electrons. The van der Waals surface area contributed by atoms with Crippen molar-refractivity contribution in [1.82, 2.24) is 0 Å². The number of carbonyl (C=O) groups is 1. The molecule has 100 valence electrons. The Labute approximate surface area is 113 Å². The molecule has 6 nitrogen and oxygen atoms in total. The van der Waals surface area contributed by atoms with Gasteiger partial charge in [0.1, 0.15) is 21.3 Å². The molecule has 0 amide bonds. The Kier molecular flexibility index (Phi) is 3.56. The molecule has 1 aromatic carbocycles. The van der Waals surface area contributed by atoms with E-state index in [1.54, 1.807) is 6.07 Å². The summed E-state index contributed by atoms with van der Waals surface area (Å²) in [5.41, 5.74) is 0. The van der Waals surface area contributed by atoms with Crippen molar-refractivity contribution < 1.29 is 23.1 Å². The van der Waals surface area contributed by atoms with Crippen LogP contribution in [0.1, 0.15) is 9.67 Å². The lowest BCUT2D eigenvalue weighted by Crippen LogP contribution is -2.13. The van der Waals surface area contributed by atoms with Crippen molar-refractivity contribution in [2.45, 2.75) is 4.90 Å². The number of ether oxygens (including phenoxy) is 1. The highest BCUT2D eigenvalue weighted by Gasteiger charge is 2.16. The first kappa shape index (κ1) is 13.5. The summed E-state index contributed by atoms with van der Waals surface area (Å²) in [6.45, 7) is 0. The van der Waals surface area contributed by atoms with Gasteiger partial charge >= 0.3 is 5.97 Å². The van der Waals surface area contributed by atoms with E-state index in [1.165, 1.54) is 29.6 Å². The maximum atomic E-state index is 11.4. The maximum Gasteiger partial charge on any atom is 0.346 e. The molecule has 2 aromatic rings. The molecule has 0 atom stereocenters. The maximum absolute atomic E-state index is 11.4. The summed E-state index contributed by atoms with van der Waals surface area (Å²) >= 11 is 0.985. The molecule has 19 heavy (non-hydrogen) atoms. The van der Waals surface area contributed by atoms with Gasteiger partial charge in [0.05, 0.1) is 0 Å². The molecule has 0 spiro atoms. The molecule has 1 heterocycles. The largest absolute Gasteiger partial charge is 0.477 e. The van der Waals surface area contributed by atoms with Crippen LogP contribution in [-0.2, 0) is 10.0 Å². The molecule has 0 aliphatic heterocycles. The average Bonchev–Trinajstić information content (AvgIpc) is 2.77. The minimum atomic E-state index is -3.90. The van der Waals surface area contributed by atoms with Gasteiger partial charge in [0.25, 0.3) is 0 Å². The first-order valence-corrected chi connectivity index (χ1v) is 7.42. The van der Waals surface area contributed by atoms with E-state index >= 15 is 0 Å². The third-order valence-corrected chi connectivity index (χ3v) is 4.02. The van der Waals surface area contributed by atoms with E-state index in [0.717, 1.165) is 11.3 Å². The van der Waals surface area contributed by atoms with Gasteiger partial charge in [-0.2, -0.15) is 0 Å². The summed E-state index contributed by atoms with van der Waals surface area (Å²) in [4.78, 5) is 10.7. The van der Waals surface area contributed by atoms with Crippen LogP contribution in [0, 0.1) is 0 Å². The molecule has 0 bridgehead atoms. The van der Waals surface area contributed by atoms with Crippen LogP contribution in [0.25, 0.3) is 0 Å². The van der Waals surface area contributed by atoms with Crippen LogP contribution < -0.4 is 9.88 Å². The molecule has 0 saturated heterocycles.